The molecule has 1 saturated heterocycles. The van der Waals surface area contributed by atoms with Crippen molar-refractivity contribution in [1.29, 1.82) is 0 Å². The number of carbonyl (C=O) groups excluding carboxylic acids is 3. The van der Waals surface area contributed by atoms with Gasteiger partial charge in [-0.3, -0.25) is 9.59 Å². The lowest BCUT2D eigenvalue weighted by atomic mass is 9.97. The van der Waals surface area contributed by atoms with Gasteiger partial charge in [0.15, 0.2) is 0 Å². The van der Waals surface area contributed by atoms with Crippen molar-refractivity contribution in [2.24, 2.45) is 5.92 Å². The summed E-state index contributed by atoms with van der Waals surface area (Å²) in [5.74, 6) is -1.87. The predicted molar refractivity (Wildman–Crippen MR) is 98.4 cm³/mol. The molecule has 0 atom stereocenters. The molecule has 0 bridgehead atoms. The first-order chi connectivity index (χ1) is 13.7. The molecule has 11 heteroatoms. The van der Waals surface area contributed by atoms with Crippen LogP contribution in [0.2, 0.25) is 0 Å². The number of benzene rings is 1. The summed E-state index contributed by atoms with van der Waals surface area (Å²) in [6, 6.07) is 6.75. The van der Waals surface area contributed by atoms with Crippen LogP contribution < -0.4 is 20.7 Å². The number of urea groups is 1. The Hall–Kier alpha value is -2.98. The van der Waals surface area contributed by atoms with E-state index in [-0.39, 0.29) is 18.5 Å². The molecule has 8 nitrogen and oxygen atoms in total. The highest BCUT2D eigenvalue weighted by molar-refractivity contribution is 6.35. The standard InChI is InChI=1S/C18H23F3N4O4/c1-29-14-5-3-2-4-13(14)24-17(28)25-8-6-12(7-9-25)10-22-15(26)16(27)23-11-18(19,20)21/h2-5,12H,6-11H2,1H3,(H,22,26)(H,23,27)(H,24,28). The van der Waals surface area contributed by atoms with Gasteiger partial charge >= 0.3 is 24.0 Å². The highest BCUT2D eigenvalue weighted by atomic mass is 19.4. The number of alkyl halides is 3. The SMILES string of the molecule is COc1ccccc1NC(=O)N1CCC(CNC(=O)C(=O)NCC(F)(F)F)CC1. The molecule has 1 fully saturated rings. The van der Waals surface area contributed by atoms with Gasteiger partial charge in [0.25, 0.3) is 0 Å². The number of likely N-dealkylation sites (tertiary alicyclic amines) is 1. The van der Waals surface area contributed by atoms with E-state index in [1.54, 1.807) is 29.2 Å². The lowest BCUT2D eigenvalue weighted by molar-refractivity contribution is -0.146. The monoisotopic (exact) mass is 416 g/mol. The molecular weight excluding hydrogens is 393 g/mol. The number of rotatable bonds is 5. The molecule has 3 N–H and O–H groups in total. The fourth-order valence-electron chi connectivity index (χ4n) is 2.86. The minimum atomic E-state index is -4.58. The number of hydrogen-bond donors (Lipinski definition) is 3. The molecule has 160 valence electrons. The first-order valence-corrected chi connectivity index (χ1v) is 9.01. The minimum absolute atomic E-state index is 0.0182. The van der Waals surface area contributed by atoms with E-state index < -0.39 is 24.5 Å². The van der Waals surface area contributed by atoms with Crippen LogP contribution in [0.4, 0.5) is 23.7 Å². The van der Waals surface area contributed by atoms with Crippen LogP contribution in [0, 0.1) is 5.92 Å². The number of piperidine rings is 1. The molecule has 1 aromatic rings. The molecule has 0 aliphatic carbocycles. The van der Waals surface area contributed by atoms with Gasteiger partial charge in [-0.2, -0.15) is 13.2 Å². The molecule has 0 radical (unpaired) electrons. The van der Waals surface area contributed by atoms with Crippen LogP contribution in [-0.2, 0) is 9.59 Å². The number of halogens is 3. The van der Waals surface area contributed by atoms with E-state index in [0.29, 0.717) is 37.4 Å². The molecule has 1 aliphatic rings. The van der Waals surface area contributed by atoms with E-state index in [4.69, 9.17) is 4.74 Å². The van der Waals surface area contributed by atoms with E-state index in [9.17, 15) is 27.6 Å². The van der Waals surface area contributed by atoms with Crippen molar-refractivity contribution < 1.29 is 32.3 Å². The maximum atomic E-state index is 12.4. The van der Waals surface area contributed by atoms with Crippen molar-refractivity contribution in [1.82, 2.24) is 15.5 Å². The van der Waals surface area contributed by atoms with Crippen molar-refractivity contribution in [3.05, 3.63) is 24.3 Å². The van der Waals surface area contributed by atoms with Crippen molar-refractivity contribution >= 4 is 23.5 Å². The van der Waals surface area contributed by atoms with E-state index >= 15 is 0 Å². The molecule has 1 aliphatic heterocycles. The van der Waals surface area contributed by atoms with Gasteiger partial charge in [0.2, 0.25) is 0 Å². The molecule has 2 rings (SSSR count). The fraction of sp³-hybridized carbons (Fsp3) is 0.500. The number of anilines is 1. The lowest BCUT2D eigenvalue weighted by Crippen LogP contribution is -2.46. The summed E-state index contributed by atoms with van der Waals surface area (Å²) in [5, 5.41) is 6.64. The Labute approximate surface area is 165 Å². The van der Waals surface area contributed by atoms with E-state index in [1.165, 1.54) is 12.4 Å². The summed E-state index contributed by atoms with van der Waals surface area (Å²) in [5.41, 5.74) is 0.555. The Balaban J connectivity index is 1.72. The number of amides is 4. The molecule has 1 heterocycles. The molecule has 0 spiro atoms. The second-order valence-corrected chi connectivity index (χ2v) is 6.57. The molecule has 4 amide bonds. The summed E-state index contributed by atoms with van der Waals surface area (Å²) in [6.07, 6.45) is -3.40. The zero-order valence-corrected chi connectivity index (χ0v) is 15.8. The highest BCUT2D eigenvalue weighted by Gasteiger charge is 2.29. The minimum Gasteiger partial charge on any atom is -0.495 e. The number of ether oxygens (including phenoxy) is 1. The smallest absolute Gasteiger partial charge is 0.405 e. The van der Waals surface area contributed by atoms with E-state index in [1.807, 2.05) is 0 Å². The van der Waals surface area contributed by atoms with E-state index in [0.717, 1.165) is 0 Å². The van der Waals surface area contributed by atoms with Gasteiger partial charge in [0, 0.05) is 19.6 Å². The molecule has 0 aromatic heterocycles. The third-order valence-corrected chi connectivity index (χ3v) is 4.46. The molecule has 1 aromatic carbocycles. The maximum Gasteiger partial charge on any atom is 0.405 e. The second kappa shape index (κ2) is 9.99. The maximum absolute atomic E-state index is 12.4. The summed E-state index contributed by atoms with van der Waals surface area (Å²) in [4.78, 5) is 36.9. The Morgan fingerprint density at radius 2 is 1.72 bits per heavy atom. The fourth-order valence-corrected chi connectivity index (χ4v) is 2.86. The Morgan fingerprint density at radius 1 is 1.10 bits per heavy atom. The zero-order chi connectivity index (χ0) is 21.4. The van der Waals surface area contributed by atoms with E-state index in [2.05, 4.69) is 10.6 Å². The largest absolute Gasteiger partial charge is 0.495 e. The van der Waals surface area contributed by atoms with Gasteiger partial charge in [0.05, 0.1) is 12.8 Å². The van der Waals surface area contributed by atoms with Crippen molar-refractivity contribution in [3.63, 3.8) is 0 Å². The first-order valence-electron chi connectivity index (χ1n) is 9.01. The van der Waals surface area contributed by atoms with Gasteiger partial charge in [-0.05, 0) is 30.9 Å². The van der Waals surface area contributed by atoms with Crippen LogP contribution in [0.5, 0.6) is 5.75 Å². The highest BCUT2D eigenvalue weighted by Crippen LogP contribution is 2.24. The number of carbonyl (C=O) groups is 3. The average molecular weight is 416 g/mol. The van der Waals surface area contributed by atoms with Crippen molar-refractivity contribution in [2.45, 2.75) is 19.0 Å². The molecular formula is C18H23F3N4O4. The number of methoxy groups -OCH3 is 1. The number of nitrogens with one attached hydrogen (secondary N) is 3. The van der Waals surface area contributed by atoms with Gasteiger partial charge in [-0.1, -0.05) is 12.1 Å². The molecule has 29 heavy (non-hydrogen) atoms. The van der Waals surface area contributed by atoms with Crippen molar-refractivity contribution in [2.75, 3.05) is 38.6 Å². The number of para-hydroxylation sites is 2. The van der Waals surface area contributed by atoms with Crippen LogP contribution in [0.1, 0.15) is 12.8 Å². The van der Waals surface area contributed by atoms with Crippen LogP contribution in [0.25, 0.3) is 0 Å². The topological polar surface area (TPSA) is 99.8 Å². The third kappa shape index (κ3) is 7.16. The van der Waals surface area contributed by atoms with Gasteiger partial charge < -0.3 is 25.6 Å². The lowest BCUT2D eigenvalue weighted by Gasteiger charge is -2.32. The summed E-state index contributed by atoms with van der Waals surface area (Å²) in [7, 11) is 1.51. The Bertz CT molecular complexity index is 734. The summed E-state index contributed by atoms with van der Waals surface area (Å²) in [6.45, 7) is -0.511. The normalized spacial score (nSPS) is 14.8. The van der Waals surface area contributed by atoms with Crippen LogP contribution >= 0.6 is 0 Å². The van der Waals surface area contributed by atoms with Crippen LogP contribution in [0.3, 0.4) is 0 Å². The Morgan fingerprint density at radius 3 is 2.34 bits per heavy atom. The molecule has 0 unspecified atom stereocenters. The third-order valence-electron chi connectivity index (χ3n) is 4.46. The predicted octanol–water partition coefficient (Wildman–Crippen LogP) is 1.73. The second-order valence-electron chi connectivity index (χ2n) is 6.57. The van der Waals surface area contributed by atoms with Crippen LogP contribution in [-0.4, -0.2) is 62.2 Å². The molecule has 0 saturated carbocycles. The average Bonchev–Trinajstić information content (AvgIpc) is 2.70. The number of nitrogens with zero attached hydrogens (tertiary/aromatic N) is 1. The van der Waals surface area contributed by atoms with Crippen LogP contribution in [0.15, 0.2) is 24.3 Å². The quantitative estimate of drug-likeness (QED) is 0.637. The van der Waals surface area contributed by atoms with Crippen molar-refractivity contribution in [3.8, 4) is 5.75 Å². The summed E-state index contributed by atoms with van der Waals surface area (Å²) < 4.78 is 41.3. The Kier molecular flexibility index (Phi) is 7.68. The summed E-state index contributed by atoms with van der Waals surface area (Å²) >= 11 is 0. The zero-order valence-electron chi connectivity index (χ0n) is 15.8. The van der Waals surface area contributed by atoms with Gasteiger partial charge in [0.1, 0.15) is 12.3 Å². The first kappa shape index (κ1) is 22.3. The van der Waals surface area contributed by atoms with Gasteiger partial charge in [-0.25, -0.2) is 4.79 Å². The number of hydrogen-bond acceptors (Lipinski definition) is 4. The van der Waals surface area contributed by atoms with Gasteiger partial charge in [-0.15, -0.1) is 0 Å².